The summed E-state index contributed by atoms with van der Waals surface area (Å²) in [6.07, 6.45) is 5.05. The Balaban J connectivity index is 1.44. The van der Waals surface area contributed by atoms with E-state index in [2.05, 4.69) is 34.2 Å². The molecule has 0 fully saturated rings. The van der Waals surface area contributed by atoms with Crippen LogP contribution in [0.1, 0.15) is 67.4 Å². The molecule has 1 heterocycles. The molecule has 0 bridgehead atoms. The third kappa shape index (κ3) is 5.02. The van der Waals surface area contributed by atoms with Crippen molar-refractivity contribution in [3.05, 3.63) is 64.3 Å². The zero-order chi connectivity index (χ0) is 25.4. The third-order valence-corrected chi connectivity index (χ3v) is 6.42. The molecule has 4 rings (SSSR count). The maximum absolute atomic E-state index is 13.5. The monoisotopic (exact) mass is 491 g/mol. The van der Waals surface area contributed by atoms with Crippen LogP contribution >= 0.6 is 12.1 Å². The largest absolute Gasteiger partial charge is 0.492 e. The maximum Gasteiger partial charge on any atom is 0.418 e. The van der Waals surface area contributed by atoms with Crippen LogP contribution in [0.3, 0.4) is 0 Å². The van der Waals surface area contributed by atoms with Gasteiger partial charge < -0.3 is 14.5 Å². The van der Waals surface area contributed by atoms with Crippen LogP contribution in [0, 0.1) is 12.3 Å². The number of aromatic nitrogens is 1. The predicted octanol–water partition coefficient (Wildman–Crippen LogP) is 5.08. The first kappa shape index (κ1) is 24.7. The summed E-state index contributed by atoms with van der Waals surface area (Å²) in [4.78, 5) is 28.5. The fraction of sp³-hybridized carbons (Fsp3) is 0.333. The quantitative estimate of drug-likeness (QED) is 0.253. The average molecular weight is 492 g/mol. The van der Waals surface area contributed by atoms with Crippen molar-refractivity contribution in [2.45, 2.75) is 45.6 Å². The van der Waals surface area contributed by atoms with Crippen LogP contribution < -0.4 is 14.2 Å². The van der Waals surface area contributed by atoms with Crippen molar-refractivity contribution >= 4 is 34.9 Å². The van der Waals surface area contributed by atoms with E-state index in [0.29, 0.717) is 30.0 Å². The van der Waals surface area contributed by atoms with E-state index < -0.39 is 17.1 Å². The lowest BCUT2D eigenvalue weighted by molar-refractivity contribution is 0.0574. The Morgan fingerprint density at radius 1 is 1.20 bits per heavy atom. The van der Waals surface area contributed by atoms with Crippen LogP contribution in [-0.4, -0.2) is 35.6 Å². The number of carbonyl (C=O) groups is 2. The molecule has 3 N–H and O–H groups in total. The predicted molar refractivity (Wildman–Crippen MR) is 139 cm³/mol. The number of amides is 1. The molecule has 182 valence electrons. The van der Waals surface area contributed by atoms with Crippen molar-refractivity contribution in [1.29, 1.82) is 0 Å². The molecular weight excluding hydrogens is 462 g/mol. The van der Waals surface area contributed by atoms with Crippen molar-refractivity contribution < 1.29 is 19.1 Å². The number of benzene rings is 2. The van der Waals surface area contributed by atoms with Gasteiger partial charge in [-0.05, 0) is 56.7 Å². The Morgan fingerprint density at radius 3 is 2.69 bits per heavy atom. The zero-order valence-electron chi connectivity index (χ0n) is 20.5. The molecular formula is C27H29N3O4S. The molecule has 0 saturated carbocycles. The van der Waals surface area contributed by atoms with Crippen LogP contribution in [0.2, 0.25) is 0 Å². The molecule has 1 aromatic heterocycles. The van der Waals surface area contributed by atoms with Gasteiger partial charge >= 0.3 is 6.09 Å². The zero-order valence-corrected chi connectivity index (χ0v) is 21.3. The summed E-state index contributed by atoms with van der Waals surface area (Å²) in [6.45, 7) is 10.5. The average Bonchev–Trinajstić information content (AvgIpc) is 3.19. The van der Waals surface area contributed by atoms with E-state index in [4.69, 9.17) is 15.9 Å². The van der Waals surface area contributed by atoms with Crippen molar-refractivity contribution in [2.24, 2.45) is 0 Å². The number of carbonyl (C=O) groups excluding carboxylic acids is 2. The van der Waals surface area contributed by atoms with E-state index in [1.165, 1.54) is 0 Å². The number of ketones is 1. The standard InChI is InChI=1S/C27H29N3O4S/c1-7-16-8-10-19-21(14-16)29-24-22(19)23(31)18-11-9-17(15-20(18)27(24,5)6)33-13-12-28-35-30-25(32)34-26(2,3)4/h1,8-11,14-15,28-29H,12-13H2,2-6H3,(H,30,32). The van der Waals surface area contributed by atoms with Crippen LogP contribution in [0.15, 0.2) is 36.4 Å². The molecule has 2 aromatic carbocycles. The Kier molecular flexibility index (Phi) is 6.58. The topological polar surface area (TPSA) is 92.5 Å². The highest BCUT2D eigenvalue weighted by molar-refractivity contribution is 7.96. The van der Waals surface area contributed by atoms with Gasteiger partial charge in [-0.3, -0.25) is 9.52 Å². The van der Waals surface area contributed by atoms with Crippen molar-refractivity contribution in [3.63, 3.8) is 0 Å². The molecule has 1 amide bonds. The number of aromatic amines is 1. The molecule has 1 aliphatic carbocycles. The summed E-state index contributed by atoms with van der Waals surface area (Å²) in [6, 6.07) is 11.3. The molecule has 1 aliphatic rings. The normalized spacial score (nSPS) is 14.1. The van der Waals surface area contributed by atoms with Gasteiger partial charge in [-0.15, -0.1) is 6.42 Å². The summed E-state index contributed by atoms with van der Waals surface area (Å²) >= 11 is 1.04. The highest BCUT2D eigenvalue weighted by atomic mass is 32.2. The van der Waals surface area contributed by atoms with E-state index in [-0.39, 0.29) is 5.78 Å². The first-order chi connectivity index (χ1) is 16.5. The van der Waals surface area contributed by atoms with Gasteiger partial charge in [0.1, 0.15) is 18.0 Å². The van der Waals surface area contributed by atoms with Crippen LogP contribution in [0.4, 0.5) is 4.79 Å². The fourth-order valence-corrected chi connectivity index (χ4v) is 4.61. The second-order valence-electron chi connectivity index (χ2n) is 9.89. The molecule has 0 atom stereocenters. The molecule has 0 radical (unpaired) electrons. The summed E-state index contributed by atoms with van der Waals surface area (Å²) < 4.78 is 16.6. The van der Waals surface area contributed by atoms with Gasteiger partial charge in [0.2, 0.25) is 0 Å². The van der Waals surface area contributed by atoms with E-state index in [9.17, 15) is 9.59 Å². The first-order valence-corrected chi connectivity index (χ1v) is 12.2. The summed E-state index contributed by atoms with van der Waals surface area (Å²) in [7, 11) is 0. The van der Waals surface area contributed by atoms with Gasteiger partial charge in [0, 0.05) is 51.8 Å². The second kappa shape index (κ2) is 9.33. The lowest BCUT2D eigenvalue weighted by atomic mass is 9.71. The Labute approximate surface area is 209 Å². The van der Waals surface area contributed by atoms with Gasteiger partial charge in [-0.1, -0.05) is 25.8 Å². The van der Waals surface area contributed by atoms with Crippen LogP contribution in [-0.2, 0) is 10.2 Å². The minimum atomic E-state index is -0.548. The molecule has 8 heteroatoms. The van der Waals surface area contributed by atoms with Gasteiger partial charge in [-0.25, -0.2) is 9.52 Å². The molecule has 0 aliphatic heterocycles. The number of hydrogen-bond acceptors (Lipinski definition) is 6. The Bertz CT molecular complexity index is 1340. The molecule has 7 nitrogen and oxygen atoms in total. The molecule has 3 aromatic rings. The summed E-state index contributed by atoms with van der Waals surface area (Å²) in [5, 5.41) is 0.881. The Morgan fingerprint density at radius 2 is 1.97 bits per heavy atom. The lowest BCUT2D eigenvalue weighted by Crippen LogP contribution is -2.31. The van der Waals surface area contributed by atoms with Gasteiger partial charge in [-0.2, -0.15) is 0 Å². The molecule has 0 saturated heterocycles. The first-order valence-electron chi connectivity index (χ1n) is 11.3. The minimum Gasteiger partial charge on any atom is -0.492 e. The van der Waals surface area contributed by atoms with Crippen molar-refractivity contribution in [2.75, 3.05) is 13.2 Å². The number of rotatable bonds is 6. The van der Waals surface area contributed by atoms with Gasteiger partial charge in [0.25, 0.3) is 0 Å². The fourth-order valence-electron chi connectivity index (χ4n) is 4.23. The molecule has 0 unspecified atom stereocenters. The van der Waals surface area contributed by atoms with Gasteiger partial charge in [0.05, 0.1) is 5.56 Å². The number of hydrogen-bond donors (Lipinski definition) is 3. The van der Waals surface area contributed by atoms with Crippen molar-refractivity contribution in [1.82, 2.24) is 14.4 Å². The second-order valence-corrected chi connectivity index (χ2v) is 10.6. The van der Waals surface area contributed by atoms with Crippen LogP contribution in [0.25, 0.3) is 10.9 Å². The number of fused-ring (bicyclic) bond motifs is 4. The summed E-state index contributed by atoms with van der Waals surface area (Å²) in [5.74, 6) is 3.31. The number of H-pyrrole nitrogens is 1. The smallest absolute Gasteiger partial charge is 0.418 e. The van der Waals surface area contributed by atoms with E-state index >= 15 is 0 Å². The Hall–Kier alpha value is -3.41. The summed E-state index contributed by atoms with van der Waals surface area (Å²) in [5.41, 5.74) is 3.81. The van der Waals surface area contributed by atoms with E-state index in [1.54, 1.807) is 20.8 Å². The highest BCUT2D eigenvalue weighted by Crippen LogP contribution is 2.44. The van der Waals surface area contributed by atoms with E-state index in [0.717, 1.165) is 39.9 Å². The number of nitrogens with one attached hydrogen (secondary N) is 3. The van der Waals surface area contributed by atoms with Crippen LogP contribution in [0.5, 0.6) is 5.75 Å². The highest BCUT2D eigenvalue weighted by Gasteiger charge is 2.39. The lowest BCUT2D eigenvalue weighted by Gasteiger charge is -2.32. The third-order valence-electron chi connectivity index (χ3n) is 5.80. The van der Waals surface area contributed by atoms with E-state index in [1.807, 2.05) is 36.4 Å². The molecule has 0 spiro atoms. The minimum absolute atomic E-state index is 0.00753. The van der Waals surface area contributed by atoms with Gasteiger partial charge in [0.15, 0.2) is 5.78 Å². The van der Waals surface area contributed by atoms with Crippen molar-refractivity contribution in [3.8, 4) is 18.1 Å². The number of terminal acetylenes is 1. The SMILES string of the molecule is C#Cc1ccc2c3c([nH]c2c1)C(C)(C)c1cc(OCCNSNC(=O)OC(C)(C)C)ccc1C3=O. The molecule has 35 heavy (non-hydrogen) atoms. The maximum atomic E-state index is 13.5. The number of ether oxygens (including phenoxy) is 2.